The second-order valence-corrected chi connectivity index (χ2v) is 23.2. The fourth-order valence-electron chi connectivity index (χ4n) is 12.4. The number of aliphatic hydroxyl groups excluding tert-OH is 1. The Hall–Kier alpha value is -8.33. The van der Waals surface area contributed by atoms with Crippen molar-refractivity contribution >= 4 is 47.0 Å². The molecule has 10 rings (SSSR count). The summed E-state index contributed by atoms with van der Waals surface area (Å²) in [4.78, 5) is 93.5. The van der Waals surface area contributed by atoms with E-state index in [1.54, 1.807) is 38.1 Å². The Morgan fingerprint density at radius 3 is 2.15 bits per heavy atom. The summed E-state index contributed by atoms with van der Waals surface area (Å²) in [5.74, 6) is -5.32. The number of carbonyl (C=O) groups is 7. The van der Waals surface area contributed by atoms with Gasteiger partial charge in [0.15, 0.2) is 17.9 Å². The number of aromatic hydroxyl groups is 2. The summed E-state index contributed by atoms with van der Waals surface area (Å²) < 4.78 is 39.5. The van der Waals surface area contributed by atoms with E-state index in [4.69, 9.17) is 33.2 Å². The highest BCUT2D eigenvalue weighted by atomic mass is 16.7. The Morgan fingerprint density at radius 1 is 0.807 bits per heavy atom. The van der Waals surface area contributed by atoms with Gasteiger partial charge < -0.3 is 84.7 Å². The summed E-state index contributed by atoms with van der Waals surface area (Å²) in [7, 11) is 1.31. The molecule has 5 aromatic carbocycles. The number of carbonyl (C=O) groups excluding carboxylic acids is 7. The molecule has 4 amide bonds. The van der Waals surface area contributed by atoms with Crippen molar-refractivity contribution in [1.29, 1.82) is 0 Å². The normalized spacial score (nSPS) is 24.3. The van der Waals surface area contributed by atoms with Crippen LogP contribution in [0.1, 0.15) is 119 Å². The van der Waals surface area contributed by atoms with Gasteiger partial charge in [0.25, 0.3) is 0 Å². The zero-order valence-corrected chi connectivity index (χ0v) is 49.4. The number of benzene rings is 5. The van der Waals surface area contributed by atoms with E-state index in [1.807, 2.05) is 48.5 Å². The monoisotopic (exact) mass is 1210 g/mol. The summed E-state index contributed by atoms with van der Waals surface area (Å²) >= 11 is 0. The number of aliphatic hydroxyl groups is 2. The summed E-state index contributed by atoms with van der Waals surface area (Å²) in [5, 5.41) is 72.3. The lowest BCUT2D eigenvalue weighted by Crippen LogP contribution is -2.67. The number of anilines is 1. The van der Waals surface area contributed by atoms with Gasteiger partial charge in [-0.25, -0.2) is 9.59 Å². The molecular formula is C64H71N5O19. The first-order chi connectivity index (χ1) is 42.0. The highest BCUT2D eigenvalue weighted by molar-refractivity contribution is 6.31. The smallest absolute Gasteiger partial charge is 0.407 e. The van der Waals surface area contributed by atoms with Crippen LogP contribution in [0, 0.1) is 11.1 Å². The maximum absolute atomic E-state index is 14.7. The molecule has 88 heavy (non-hydrogen) atoms. The van der Waals surface area contributed by atoms with Crippen LogP contribution in [-0.2, 0) is 55.8 Å². The minimum atomic E-state index is -2.18. The third kappa shape index (κ3) is 12.6. The van der Waals surface area contributed by atoms with Crippen molar-refractivity contribution in [3.8, 4) is 28.4 Å². The van der Waals surface area contributed by atoms with Crippen molar-refractivity contribution in [3.05, 3.63) is 146 Å². The third-order valence-corrected chi connectivity index (χ3v) is 17.1. The molecule has 0 spiro atoms. The molecule has 5 aliphatic rings. The zero-order chi connectivity index (χ0) is 62.9. The SMILES string of the molecule is COc1cccc2c1C(=O)c1c(O)c3c(c(O)c1C2=O)C[C@@](O)(C(C)=O)C[C@@H]3O[C@H]1C[C@H]([N+]2([O-])CCO[C@H](OCCNC(=O)OCc3ccc(NC(=O)[C@H](C)NC(=O)[C@@H](NC(=O)OCC4c5ccccc5-c5ccccc54)C(C)C)cc3)C2)[C@H](O)[C@H](C)O1. The number of ether oxygens (including phenoxy) is 7. The van der Waals surface area contributed by atoms with Crippen LogP contribution in [0.4, 0.5) is 15.3 Å². The van der Waals surface area contributed by atoms with Crippen molar-refractivity contribution in [1.82, 2.24) is 16.0 Å². The molecular weight excluding hydrogens is 1140 g/mol. The van der Waals surface area contributed by atoms with Crippen LogP contribution in [0.15, 0.2) is 91.0 Å². The largest absolute Gasteiger partial charge is 0.632 e. The third-order valence-electron chi connectivity index (χ3n) is 17.1. The first-order valence-electron chi connectivity index (χ1n) is 29.1. The molecule has 0 radical (unpaired) electrons. The molecule has 24 nitrogen and oxygen atoms in total. The molecule has 2 aliphatic heterocycles. The van der Waals surface area contributed by atoms with Gasteiger partial charge in [-0.05, 0) is 72.7 Å². The standard InChI is InChI=1S/C64H71N5O19/c1-32(2)54(68-63(79)86-31-44-40-14-9-7-12-38(40)39-13-8-10-15-41(39)44)61(77)66-33(3)60(76)67-37-20-18-36(19-21-37)30-85-62(78)65-22-24-83-49-29-69(81,23-25-84-49)45-26-48(87-34(4)55(45)71)88-47-28-64(80,35(5)70)27-43-51(47)59(75)53-52(57(43)73)56(72)42-16-11-17-46(82-6)50(42)58(53)74/h7-21,32-34,44-45,47-49,54-55,71,73,75,80H,22-31H2,1-6H3,(H,65,78)(H,66,77)(H,67,76)(H,68,79)/t33-,34-,45-,47-,48-,49-,54-,55+,64-,69?/m0/s1. The zero-order valence-electron chi connectivity index (χ0n) is 49.4. The van der Waals surface area contributed by atoms with Crippen LogP contribution < -0.4 is 26.0 Å². The van der Waals surface area contributed by atoms with E-state index in [1.165, 1.54) is 39.2 Å². The molecule has 0 bridgehead atoms. The number of hydrogen-bond acceptors (Lipinski definition) is 19. The van der Waals surface area contributed by atoms with Crippen LogP contribution in [0.3, 0.4) is 0 Å². The second-order valence-electron chi connectivity index (χ2n) is 23.2. The van der Waals surface area contributed by atoms with Crippen molar-refractivity contribution < 1.29 is 91.8 Å². The Labute approximate surface area is 506 Å². The van der Waals surface area contributed by atoms with Crippen molar-refractivity contribution in [2.24, 2.45) is 5.92 Å². The van der Waals surface area contributed by atoms with Gasteiger partial charge in [0.05, 0.1) is 55.6 Å². The minimum Gasteiger partial charge on any atom is -0.632 e. The average molecular weight is 1210 g/mol. The quantitative estimate of drug-likeness (QED) is 0.0209. The molecule has 2 fully saturated rings. The molecule has 2 heterocycles. The lowest BCUT2D eigenvalue weighted by molar-refractivity contribution is -0.926. The van der Waals surface area contributed by atoms with Crippen LogP contribution in [0.2, 0.25) is 0 Å². The predicted octanol–water partition coefficient (Wildman–Crippen LogP) is 5.69. The van der Waals surface area contributed by atoms with Crippen molar-refractivity contribution in [2.45, 2.75) is 121 Å². The highest BCUT2D eigenvalue weighted by Crippen LogP contribution is 2.53. The second kappa shape index (κ2) is 25.8. The number of hydrogen-bond donors (Lipinski definition) is 8. The molecule has 8 N–H and O–H groups in total. The van der Waals surface area contributed by atoms with Crippen LogP contribution >= 0.6 is 0 Å². The number of Topliss-reactive ketones (excluding diaryl/α,β-unsaturated/α-hetero) is 1. The number of rotatable bonds is 19. The van der Waals surface area contributed by atoms with Crippen molar-refractivity contribution in [3.63, 3.8) is 0 Å². The number of alkyl carbamates (subject to hydrolysis) is 2. The number of phenolic OH excluding ortho intramolecular Hbond substituents is 2. The molecule has 0 saturated carbocycles. The minimum absolute atomic E-state index is 0.0473. The number of phenols is 2. The predicted molar refractivity (Wildman–Crippen MR) is 313 cm³/mol. The topological polar surface area (TPSA) is 336 Å². The van der Waals surface area contributed by atoms with Crippen LogP contribution in [0.25, 0.3) is 11.1 Å². The number of fused-ring (bicyclic) bond motifs is 6. The Balaban J connectivity index is 0.676. The van der Waals surface area contributed by atoms with E-state index in [-0.39, 0.29) is 92.3 Å². The lowest BCUT2D eigenvalue weighted by Gasteiger charge is -2.56. The van der Waals surface area contributed by atoms with Gasteiger partial charge in [-0.3, -0.25) is 24.0 Å². The van der Waals surface area contributed by atoms with E-state index >= 15 is 0 Å². The highest BCUT2D eigenvalue weighted by Gasteiger charge is 2.52. The lowest BCUT2D eigenvalue weighted by atomic mass is 9.72. The molecule has 466 valence electrons. The average Bonchev–Trinajstić information content (AvgIpc) is 3.09. The van der Waals surface area contributed by atoms with E-state index in [2.05, 4.69) is 21.3 Å². The summed E-state index contributed by atoms with van der Waals surface area (Å²) in [6.45, 7) is 7.00. The van der Waals surface area contributed by atoms with E-state index in [0.29, 0.717) is 11.3 Å². The first-order valence-corrected chi connectivity index (χ1v) is 29.1. The first kappa shape index (κ1) is 62.7. The van der Waals surface area contributed by atoms with Gasteiger partial charge in [0.2, 0.25) is 23.9 Å². The van der Waals surface area contributed by atoms with Gasteiger partial charge in [0, 0.05) is 47.7 Å². The number of nitrogens with zero attached hydrogens (tertiary/aromatic N) is 1. The molecule has 3 aliphatic carbocycles. The fraction of sp³-hybridized carbons (Fsp3) is 0.422. The Kier molecular flexibility index (Phi) is 18.4. The van der Waals surface area contributed by atoms with Gasteiger partial charge >= 0.3 is 12.2 Å². The summed E-state index contributed by atoms with van der Waals surface area (Å²) in [6.07, 6.45) is -9.00. The number of ketones is 3. The van der Waals surface area contributed by atoms with E-state index < -0.39 is 136 Å². The fourth-order valence-corrected chi connectivity index (χ4v) is 12.4. The number of methoxy groups -OCH3 is 1. The molecule has 10 atom stereocenters. The Morgan fingerprint density at radius 2 is 1.48 bits per heavy atom. The van der Waals surface area contributed by atoms with Gasteiger partial charge in [-0.1, -0.05) is 86.6 Å². The Bertz CT molecular complexity index is 3500. The number of amides is 4. The molecule has 2 saturated heterocycles. The number of nitrogens with one attached hydrogen (secondary N) is 4. The maximum atomic E-state index is 14.7. The van der Waals surface area contributed by atoms with Gasteiger partial charge in [-0.2, -0.15) is 0 Å². The number of quaternary nitrogens is 1. The summed E-state index contributed by atoms with van der Waals surface area (Å²) in [6, 6.07) is 23.6. The molecule has 1 unspecified atom stereocenters. The maximum Gasteiger partial charge on any atom is 0.407 e. The molecule has 0 aromatic heterocycles. The molecule has 24 heteroatoms. The number of hydroxylamine groups is 3. The number of morpholine rings is 1. The molecule has 5 aromatic rings. The van der Waals surface area contributed by atoms with Crippen LogP contribution in [0.5, 0.6) is 17.2 Å². The van der Waals surface area contributed by atoms with Crippen molar-refractivity contribution in [2.75, 3.05) is 51.9 Å². The van der Waals surface area contributed by atoms with E-state index in [0.717, 1.165) is 29.2 Å². The van der Waals surface area contributed by atoms with Crippen LogP contribution in [-0.4, -0.2) is 162 Å². The van der Waals surface area contributed by atoms with Gasteiger partial charge in [-0.15, -0.1) is 0 Å². The van der Waals surface area contributed by atoms with E-state index in [9.17, 15) is 59.2 Å². The van der Waals surface area contributed by atoms with Gasteiger partial charge in [0.1, 0.15) is 73.4 Å². The summed E-state index contributed by atoms with van der Waals surface area (Å²) in [5.41, 5.74) is 1.47.